The Hall–Kier alpha value is -1.39. The number of halogens is 5. The van der Waals surface area contributed by atoms with Crippen LogP contribution in [0.2, 0.25) is 0 Å². The van der Waals surface area contributed by atoms with E-state index in [2.05, 4.69) is 6.92 Å². The van der Waals surface area contributed by atoms with Crippen LogP contribution in [0.5, 0.6) is 0 Å². The second-order valence-electron chi connectivity index (χ2n) is 12.0. The Bertz CT molecular complexity index is 825. The molecule has 202 valence electrons. The van der Waals surface area contributed by atoms with Gasteiger partial charge in [0.15, 0.2) is 0 Å². The lowest BCUT2D eigenvalue weighted by Crippen LogP contribution is -2.26. The predicted molar refractivity (Wildman–Crippen MR) is 137 cm³/mol. The van der Waals surface area contributed by atoms with Crippen molar-refractivity contribution in [3.8, 4) is 0 Å². The number of alkyl halides is 3. The van der Waals surface area contributed by atoms with Gasteiger partial charge in [-0.15, -0.1) is 0 Å². The Morgan fingerprint density at radius 1 is 0.694 bits per heavy atom. The average molecular weight is 511 g/mol. The van der Waals surface area contributed by atoms with Crippen LogP contribution in [0.15, 0.2) is 18.2 Å². The molecule has 3 aliphatic carbocycles. The molecule has 0 radical (unpaired) electrons. The van der Waals surface area contributed by atoms with E-state index in [9.17, 15) is 22.0 Å². The molecule has 0 spiro atoms. The summed E-state index contributed by atoms with van der Waals surface area (Å²) in [5.41, 5.74) is -0.0283. The van der Waals surface area contributed by atoms with E-state index in [1.165, 1.54) is 82.8 Å². The third kappa shape index (κ3) is 7.57. The van der Waals surface area contributed by atoms with Crippen LogP contribution < -0.4 is 0 Å². The van der Waals surface area contributed by atoms with Crippen LogP contribution in [0.25, 0.3) is 6.08 Å². The molecule has 3 aliphatic rings. The molecule has 1 aromatic carbocycles. The van der Waals surface area contributed by atoms with E-state index in [0.29, 0.717) is 17.6 Å². The maximum atomic E-state index is 14.4. The molecule has 0 saturated heterocycles. The smallest absolute Gasteiger partial charge is 0.206 e. The summed E-state index contributed by atoms with van der Waals surface area (Å²) in [5.74, 6) is 2.59. The topological polar surface area (TPSA) is 0 Å². The van der Waals surface area contributed by atoms with Gasteiger partial charge in [-0.05, 0) is 97.8 Å². The number of hydrogen-bond acceptors (Lipinski definition) is 0. The molecular weight excluding hydrogens is 467 g/mol. The predicted octanol–water partition coefficient (Wildman–Crippen LogP) is 10.6. The highest BCUT2D eigenvalue weighted by Crippen LogP contribution is 2.45. The zero-order valence-electron chi connectivity index (χ0n) is 21.8. The Labute approximate surface area is 214 Å². The molecule has 0 amide bonds. The minimum absolute atomic E-state index is 0.0880. The summed E-state index contributed by atoms with van der Waals surface area (Å²) in [5, 5.41) is 0. The Kier molecular flexibility index (Phi) is 9.55. The molecule has 4 rings (SSSR count). The van der Waals surface area contributed by atoms with Crippen LogP contribution >= 0.6 is 0 Å². The Morgan fingerprint density at radius 2 is 1.14 bits per heavy atom. The van der Waals surface area contributed by atoms with Crippen molar-refractivity contribution >= 4 is 6.08 Å². The first-order valence-corrected chi connectivity index (χ1v) is 14.5. The first-order valence-electron chi connectivity index (χ1n) is 14.5. The van der Waals surface area contributed by atoms with Gasteiger partial charge < -0.3 is 0 Å². The van der Waals surface area contributed by atoms with E-state index < -0.39 is 23.4 Å². The van der Waals surface area contributed by atoms with Gasteiger partial charge in [0.25, 0.3) is 0 Å². The maximum Gasteiger partial charge on any atom is 0.409 e. The van der Waals surface area contributed by atoms with Gasteiger partial charge in [-0.1, -0.05) is 64.7 Å². The van der Waals surface area contributed by atoms with E-state index in [-0.39, 0.29) is 12.0 Å². The molecule has 0 aliphatic heterocycles. The van der Waals surface area contributed by atoms with E-state index in [4.69, 9.17) is 0 Å². The molecule has 36 heavy (non-hydrogen) atoms. The van der Waals surface area contributed by atoms with Crippen molar-refractivity contribution in [1.29, 1.82) is 0 Å². The highest BCUT2D eigenvalue weighted by Gasteiger charge is 2.32. The highest BCUT2D eigenvalue weighted by atomic mass is 19.4. The first-order chi connectivity index (χ1) is 17.2. The second kappa shape index (κ2) is 12.4. The fraction of sp³-hybridized carbons (Fsp3) is 0.742. The van der Waals surface area contributed by atoms with Crippen molar-refractivity contribution in [2.75, 3.05) is 0 Å². The minimum atomic E-state index is -4.59. The molecule has 0 nitrogen and oxygen atoms in total. The van der Waals surface area contributed by atoms with Gasteiger partial charge in [-0.3, -0.25) is 0 Å². The molecule has 3 saturated carbocycles. The van der Waals surface area contributed by atoms with Crippen LogP contribution in [0.3, 0.4) is 0 Å². The van der Waals surface area contributed by atoms with Crippen molar-refractivity contribution in [3.63, 3.8) is 0 Å². The van der Waals surface area contributed by atoms with E-state index >= 15 is 0 Å². The fourth-order valence-electron chi connectivity index (χ4n) is 7.45. The Morgan fingerprint density at radius 3 is 1.61 bits per heavy atom. The monoisotopic (exact) mass is 510 g/mol. The summed E-state index contributed by atoms with van der Waals surface area (Å²) >= 11 is 0. The van der Waals surface area contributed by atoms with Crippen molar-refractivity contribution in [3.05, 3.63) is 41.0 Å². The fourth-order valence-corrected chi connectivity index (χ4v) is 7.45. The first kappa shape index (κ1) is 27.6. The molecule has 0 unspecified atom stereocenters. The zero-order chi connectivity index (χ0) is 25.7. The lowest BCUT2D eigenvalue weighted by molar-refractivity contribution is -0.0790. The largest absolute Gasteiger partial charge is 0.409 e. The standard InChI is InChI=1S/C31H43F5/c1-2-21-3-5-22(6-4-21)7-8-23-9-11-24(12-10-23)25-13-15-26(16-14-25)27-19-29(32)28(30(33)20-27)17-18-31(34,35)36/h17-26H,2-16H2,1H3. The van der Waals surface area contributed by atoms with E-state index in [1.54, 1.807) is 0 Å². The third-order valence-corrected chi connectivity index (χ3v) is 9.87. The molecule has 0 heterocycles. The number of hydrogen-bond donors (Lipinski definition) is 0. The van der Waals surface area contributed by atoms with E-state index in [0.717, 1.165) is 49.4 Å². The number of allylic oxidation sites excluding steroid dienone is 1. The average Bonchev–Trinajstić information content (AvgIpc) is 2.87. The summed E-state index contributed by atoms with van der Waals surface area (Å²) in [4.78, 5) is 0. The Balaban J connectivity index is 1.20. The summed E-state index contributed by atoms with van der Waals surface area (Å²) in [6.07, 6.45) is 15.1. The van der Waals surface area contributed by atoms with Crippen LogP contribution in [-0.4, -0.2) is 6.18 Å². The van der Waals surface area contributed by atoms with Gasteiger partial charge in [-0.25, -0.2) is 8.78 Å². The van der Waals surface area contributed by atoms with Crippen LogP contribution in [0.1, 0.15) is 120 Å². The number of benzene rings is 1. The van der Waals surface area contributed by atoms with Gasteiger partial charge in [0.1, 0.15) is 11.6 Å². The quantitative estimate of drug-likeness (QED) is 0.320. The highest BCUT2D eigenvalue weighted by molar-refractivity contribution is 5.52. The number of rotatable bonds is 7. The normalized spacial score (nSPS) is 32.2. The summed E-state index contributed by atoms with van der Waals surface area (Å²) in [6.45, 7) is 2.33. The second-order valence-corrected chi connectivity index (χ2v) is 12.0. The van der Waals surface area contributed by atoms with Crippen molar-refractivity contribution < 1.29 is 22.0 Å². The van der Waals surface area contributed by atoms with Crippen LogP contribution in [0, 0.1) is 41.2 Å². The van der Waals surface area contributed by atoms with Crippen molar-refractivity contribution in [1.82, 2.24) is 0 Å². The molecule has 0 N–H and O–H groups in total. The van der Waals surface area contributed by atoms with Gasteiger partial charge in [0.2, 0.25) is 0 Å². The van der Waals surface area contributed by atoms with Crippen LogP contribution in [0.4, 0.5) is 22.0 Å². The molecule has 0 atom stereocenters. The summed E-state index contributed by atoms with van der Waals surface area (Å²) in [7, 11) is 0. The maximum absolute atomic E-state index is 14.4. The van der Waals surface area contributed by atoms with Crippen molar-refractivity contribution in [2.45, 2.75) is 115 Å². The van der Waals surface area contributed by atoms with Gasteiger partial charge in [0.05, 0.1) is 0 Å². The van der Waals surface area contributed by atoms with Gasteiger partial charge in [0, 0.05) is 11.6 Å². The summed E-state index contributed by atoms with van der Waals surface area (Å²) < 4.78 is 66.0. The minimum Gasteiger partial charge on any atom is -0.206 e. The SMILES string of the molecule is CCC1CCC(CCC2CCC(C3CCC(c4cc(F)c(C=CC(F)(F)F)c(F)c4)CC3)CC2)CC1. The third-order valence-electron chi connectivity index (χ3n) is 9.87. The zero-order valence-corrected chi connectivity index (χ0v) is 21.8. The summed E-state index contributed by atoms with van der Waals surface area (Å²) in [6, 6.07) is 2.48. The van der Waals surface area contributed by atoms with Crippen molar-refractivity contribution in [2.24, 2.45) is 29.6 Å². The molecule has 0 bridgehead atoms. The molecule has 1 aromatic rings. The van der Waals surface area contributed by atoms with Gasteiger partial charge >= 0.3 is 6.18 Å². The van der Waals surface area contributed by atoms with Gasteiger partial charge in [-0.2, -0.15) is 13.2 Å². The molecule has 5 heteroatoms. The molecule has 3 fully saturated rings. The van der Waals surface area contributed by atoms with E-state index in [1.807, 2.05) is 0 Å². The molecular formula is C31H43F5. The van der Waals surface area contributed by atoms with Crippen LogP contribution in [-0.2, 0) is 0 Å². The lowest BCUT2D eigenvalue weighted by Gasteiger charge is -2.38. The molecule has 0 aromatic heterocycles. The lowest BCUT2D eigenvalue weighted by atomic mass is 9.67.